The number of ether oxygens (including phenoxy) is 2. The average molecular weight is 434 g/mol. The molecule has 1 aromatic heterocycles. The van der Waals surface area contributed by atoms with Crippen LogP contribution in [0.25, 0.3) is 0 Å². The van der Waals surface area contributed by atoms with Crippen LogP contribution >= 0.6 is 0 Å². The second-order valence-corrected chi connectivity index (χ2v) is 7.85. The highest BCUT2D eigenvalue weighted by Gasteiger charge is 2.11. The first-order chi connectivity index (χ1) is 15.8. The van der Waals surface area contributed by atoms with Crippen molar-refractivity contribution in [3.8, 4) is 11.5 Å². The molecule has 7 heteroatoms. The van der Waals surface area contributed by atoms with E-state index >= 15 is 0 Å². The van der Waals surface area contributed by atoms with Crippen molar-refractivity contribution in [3.63, 3.8) is 0 Å². The van der Waals surface area contributed by atoms with Crippen molar-refractivity contribution in [1.82, 2.24) is 14.9 Å². The fourth-order valence-electron chi connectivity index (χ4n) is 3.78. The molecule has 0 saturated carbocycles. The molecule has 0 spiro atoms. The molecule has 0 radical (unpaired) electrons. The van der Waals surface area contributed by atoms with Gasteiger partial charge < -0.3 is 25.0 Å². The van der Waals surface area contributed by atoms with Gasteiger partial charge in [0.25, 0.3) is 0 Å². The minimum atomic E-state index is 0.521. The number of likely N-dealkylation sites (tertiary alicyclic amines) is 1. The maximum Gasteiger partial charge on any atom is 0.229 e. The Labute approximate surface area is 189 Å². The Hall–Kier alpha value is -3.32. The van der Waals surface area contributed by atoms with Crippen LogP contribution in [0, 0.1) is 0 Å². The van der Waals surface area contributed by atoms with E-state index < -0.39 is 0 Å². The van der Waals surface area contributed by atoms with Crippen LogP contribution in [0.3, 0.4) is 0 Å². The molecule has 3 aromatic rings. The summed E-state index contributed by atoms with van der Waals surface area (Å²) in [4.78, 5) is 11.4. The summed E-state index contributed by atoms with van der Waals surface area (Å²) >= 11 is 0. The van der Waals surface area contributed by atoms with Gasteiger partial charge in [0.2, 0.25) is 5.95 Å². The maximum absolute atomic E-state index is 6.03. The number of hydrogen-bond acceptors (Lipinski definition) is 7. The van der Waals surface area contributed by atoms with Crippen molar-refractivity contribution in [2.45, 2.75) is 25.8 Å². The smallest absolute Gasteiger partial charge is 0.229 e. The lowest BCUT2D eigenvalue weighted by atomic mass is 10.2. The lowest BCUT2D eigenvalue weighted by Gasteiger charge is -2.16. The average Bonchev–Trinajstić information content (AvgIpc) is 3.35. The molecule has 0 aliphatic carbocycles. The summed E-state index contributed by atoms with van der Waals surface area (Å²) in [5, 5.41) is 6.60. The maximum atomic E-state index is 6.03. The van der Waals surface area contributed by atoms with Crippen LogP contribution < -0.4 is 20.1 Å². The number of hydrogen-bond donors (Lipinski definition) is 2. The molecule has 0 unspecified atom stereocenters. The van der Waals surface area contributed by atoms with Gasteiger partial charge in [-0.3, -0.25) is 0 Å². The third kappa shape index (κ3) is 6.34. The number of rotatable bonds is 11. The third-order valence-corrected chi connectivity index (χ3v) is 5.47. The Balaban J connectivity index is 1.34. The van der Waals surface area contributed by atoms with Gasteiger partial charge in [0.1, 0.15) is 5.82 Å². The molecule has 1 aliphatic rings. The van der Waals surface area contributed by atoms with Crippen molar-refractivity contribution < 1.29 is 9.47 Å². The summed E-state index contributed by atoms with van der Waals surface area (Å²) in [6.07, 6.45) is 5.36. The molecule has 168 valence electrons. The summed E-state index contributed by atoms with van der Waals surface area (Å²) in [6.45, 7) is 4.86. The van der Waals surface area contributed by atoms with Gasteiger partial charge in [-0.15, -0.1) is 0 Å². The molecule has 0 amide bonds. The zero-order valence-electron chi connectivity index (χ0n) is 18.6. The molecule has 2 N–H and O–H groups in total. The molecule has 32 heavy (non-hydrogen) atoms. The number of nitrogens with one attached hydrogen (secondary N) is 2. The van der Waals surface area contributed by atoms with E-state index in [1.807, 2.05) is 42.5 Å². The zero-order valence-corrected chi connectivity index (χ0v) is 18.6. The lowest BCUT2D eigenvalue weighted by Crippen LogP contribution is -2.21. The lowest BCUT2D eigenvalue weighted by molar-refractivity contribution is 0.254. The van der Waals surface area contributed by atoms with Crippen molar-refractivity contribution in [1.29, 1.82) is 0 Å². The number of benzene rings is 2. The Kier molecular flexibility index (Phi) is 7.76. The van der Waals surface area contributed by atoms with Gasteiger partial charge in [0.15, 0.2) is 11.5 Å². The molecule has 2 heterocycles. The number of methoxy groups -OCH3 is 1. The van der Waals surface area contributed by atoms with Crippen molar-refractivity contribution >= 4 is 17.5 Å². The Morgan fingerprint density at radius 2 is 1.84 bits per heavy atom. The predicted molar refractivity (Wildman–Crippen MR) is 128 cm³/mol. The predicted octanol–water partition coefficient (Wildman–Crippen LogP) is 4.71. The first kappa shape index (κ1) is 21.9. The molecule has 1 aliphatic heterocycles. The van der Waals surface area contributed by atoms with E-state index in [-0.39, 0.29) is 0 Å². The molecule has 7 nitrogen and oxygen atoms in total. The van der Waals surface area contributed by atoms with Crippen LogP contribution in [0.15, 0.2) is 60.8 Å². The zero-order chi connectivity index (χ0) is 22.0. The molecule has 4 rings (SSSR count). The number of aromatic nitrogens is 2. The minimum absolute atomic E-state index is 0.521. The van der Waals surface area contributed by atoms with Gasteiger partial charge in [-0.1, -0.05) is 30.3 Å². The van der Waals surface area contributed by atoms with Gasteiger partial charge in [-0.25, -0.2) is 4.98 Å². The topological polar surface area (TPSA) is 71.5 Å². The quantitative estimate of drug-likeness (QED) is 0.425. The van der Waals surface area contributed by atoms with Crippen LogP contribution in [0.1, 0.15) is 24.8 Å². The van der Waals surface area contributed by atoms with Crippen molar-refractivity contribution in [3.05, 3.63) is 66.4 Å². The molecule has 2 aromatic carbocycles. The molecule has 0 bridgehead atoms. The molecular weight excluding hydrogens is 402 g/mol. The van der Waals surface area contributed by atoms with E-state index in [1.54, 1.807) is 13.3 Å². The summed E-state index contributed by atoms with van der Waals surface area (Å²) < 4.78 is 11.5. The SMILES string of the molecule is COc1ccc(Nc2nccc(NCc3ccccc3)n2)cc1OCCCN1CCCC1. The van der Waals surface area contributed by atoms with Gasteiger partial charge in [-0.05, 0) is 56.1 Å². The van der Waals surface area contributed by atoms with E-state index in [4.69, 9.17) is 9.47 Å². The monoisotopic (exact) mass is 433 g/mol. The van der Waals surface area contributed by atoms with E-state index in [0.29, 0.717) is 19.1 Å². The van der Waals surface area contributed by atoms with E-state index in [0.717, 1.165) is 36.0 Å². The highest BCUT2D eigenvalue weighted by atomic mass is 16.5. The van der Waals surface area contributed by atoms with Crippen LogP contribution in [0.2, 0.25) is 0 Å². The molecule has 1 saturated heterocycles. The Bertz CT molecular complexity index is 977. The minimum Gasteiger partial charge on any atom is -0.493 e. The van der Waals surface area contributed by atoms with E-state index in [2.05, 4.69) is 37.6 Å². The van der Waals surface area contributed by atoms with Crippen molar-refractivity contribution in [2.75, 3.05) is 44.0 Å². The van der Waals surface area contributed by atoms with E-state index in [1.165, 1.54) is 31.5 Å². The van der Waals surface area contributed by atoms with Gasteiger partial charge in [-0.2, -0.15) is 4.98 Å². The van der Waals surface area contributed by atoms with Gasteiger partial charge in [0, 0.05) is 31.0 Å². The summed E-state index contributed by atoms with van der Waals surface area (Å²) in [5.41, 5.74) is 2.04. The standard InChI is InChI=1S/C25H31N5O2/c1-31-22-11-10-21(18-23(22)32-17-7-16-30-14-5-6-15-30)28-25-26-13-12-24(29-25)27-19-20-8-3-2-4-9-20/h2-4,8-13,18H,5-7,14-17,19H2,1H3,(H2,26,27,28,29). The van der Waals surface area contributed by atoms with Crippen molar-refractivity contribution in [2.24, 2.45) is 0 Å². The van der Waals surface area contributed by atoms with Crippen LogP contribution in [-0.2, 0) is 6.54 Å². The molecule has 0 atom stereocenters. The van der Waals surface area contributed by atoms with Gasteiger partial charge >= 0.3 is 0 Å². The normalized spacial score (nSPS) is 13.7. The molecule has 1 fully saturated rings. The Morgan fingerprint density at radius 3 is 2.66 bits per heavy atom. The first-order valence-electron chi connectivity index (χ1n) is 11.2. The number of anilines is 3. The van der Waals surface area contributed by atoms with E-state index in [9.17, 15) is 0 Å². The largest absolute Gasteiger partial charge is 0.493 e. The number of nitrogens with zero attached hydrogens (tertiary/aromatic N) is 3. The van der Waals surface area contributed by atoms with Crippen LogP contribution in [0.5, 0.6) is 11.5 Å². The summed E-state index contributed by atoms with van der Waals surface area (Å²) in [5.74, 6) is 2.72. The third-order valence-electron chi connectivity index (χ3n) is 5.47. The highest BCUT2D eigenvalue weighted by molar-refractivity contribution is 5.60. The fourth-order valence-corrected chi connectivity index (χ4v) is 3.78. The molecular formula is C25H31N5O2. The summed E-state index contributed by atoms with van der Waals surface area (Å²) in [6, 6.07) is 17.9. The van der Waals surface area contributed by atoms with Crippen LogP contribution in [0.4, 0.5) is 17.5 Å². The van der Waals surface area contributed by atoms with Crippen LogP contribution in [-0.4, -0.2) is 48.2 Å². The second-order valence-electron chi connectivity index (χ2n) is 7.85. The Morgan fingerprint density at radius 1 is 1.00 bits per heavy atom. The summed E-state index contributed by atoms with van der Waals surface area (Å²) in [7, 11) is 1.66. The van der Waals surface area contributed by atoms with Gasteiger partial charge in [0.05, 0.1) is 13.7 Å². The second kappa shape index (κ2) is 11.3. The first-order valence-corrected chi connectivity index (χ1v) is 11.2. The fraction of sp³-hybridized carbons (Fsp3) is 0.360. The highest BCUT2D eigenvalue weighted by Crippen LogP contribution is 2.31.